The Morgan fingerprint density at radius 3 is 2.56 bits per heavy atom. The first-order valence-corrected chi connectivity index (χ1v) is 6.14. The molecular formula is C13H19NO2. The van der Waals surface area contributed by atoms with Gasteiger partial charge in [0.05, 0.1) is 0 Å². The Morgan fingerprint density at radius 1 is 1.38 bits per heavy atom. The minimum Gasteiger partial charge on any atom is -0.352 e. The van der Waals surface area contributed by atoms with Crippen molar-refractivity contribution in [3.63, 3.8) is 0 Å². The number of hydrogen-bond acceptors (Lipinski definition) is 2. The van der Waals surface area contributed by atoms with Crippen LogP contribution in [0, 0.1) is 17.8 Å². The van der Waals surface area contributed by atoms with Gasteiger partial charge in [0.1, 0.15) is 5.78 Å². The van der Waals surface area contributed by atoms with Crippen molar-refractivity contribution < 1.29 is 9.59 Å². The van der Waals surface area contributed by atoms with Crippen LogP contribution in [0.5, 0.6) is 0 Å². The highest BCUT2D eigenvalue weighted by Crippen LogP contribution is 2.39. The molecule has 3 atom stereocenters. The van der Waals surface area contributed by atoms with E-state index in [1.165, 1.54) is 0 Å². The van der Waals surface area contributed by atoms with Crippen LogP contribution in [-0.2, 0) is 9.59 Å². The van der Waals surface area contributed by atoms with Crippen molar-refractivity contribution in [1.29, 1.82) is 0 Å². The first-order valence-electron chi connectivity index (χ1n) is 6.14. The molecule has 2 saturated carbocycles. The number of amides is 1. The van der Waals surface area contributed by atoms with Gasteiger partial charge in [-0.05, 0) is 25.7 Å². The molecule has 2 rings (SSSR count). The Labute approximate surface area is 96.3 Å². The molecule has 2 fully saturated rings. The average molecular weight is 221 g/mol. The molecule has 3 heteroatoms. The number of Topliss-reactive ketones (excluding diaryl/α,β-unsaturated/α-hetero) is 1. The lowest BCUT2D eigenvalue weighted by molar-refractivity contribution is -0.137. The van der Waals surface area contributed by atoms with Crippen molar-refractivity contribution in [2.45, 2.75) is 32.1 Å². The SMILES string of the molecule is C=CCNC(=O)C1C[C@H]2CCC[C@@H](C1)C2=O. The smallest absolute Gasteiger partial charge is 0.223 e. The number of carbonyl (C=O) groups excluding carboxylic acids is 2. The van der Waals surface area contributed by atoms with Gasteiger partial charge in [-0.3, -0.25) is 9.59 Å². The Morgan fingerprint density at radius 2 is 2.00 bits per heavy atom. The molecule has 0 saturated heterocycles. The quantitative estimate of drug-likeness (QED) is 0.737. The maximum absolute atomic E-state index is 11.8. The van der Waals surface area contributed by atoms with Crippen molar-refractivity contribution in [2.75, 3.05) is 6.54 Å². The molecule has 0 heterocycles. The van der Waals surface area contributed by atoms with Crippen LogP contribution in [-0.4, -0.2) is 18.2 Å². The van der Waals surface area contributed by atoms with Gasteiger partial charge in [0.25, 0.3) is 0 Å². The molecule has 0 aliphatic heterocycles. The van der Waals surface area contributed by atoms with Crippen LogP contribution in [0.1, 0.15) is 32.1 Å². The summed E-state index contributed by atoms with van der Waals surface area (Å²) in [4.78, 5) is 23.7. The van der Waals surface area contributed by atoms with Gasteiger partial charge in [0.2, 0.25) is 5.91 Å². The van der Waals surface area contributed by atoms with Crippen molar-refractivity contribution in [3.8, 4) is 0 Å². The molecular weight excluding hydrogens is 202 g/mol. The van der Waals surface area contributed by atoms with E-state index in [0.717, 1.165) is 32.1 Å². The summed E-state index contributed by atoms with van der Waals surface area (Å²) in [5, 5.41) is 2.84. The van der Waals surface area contributed by atoms with Gasteiger partial charge < -0.3 is 5.32 Å². The normalized spacial score (nSPS) is 33.2. The van der Waals surface area contributed by atoms with Crippen molar-refractivity contribution in [1.82, 2.24) is 5.32 Å². The molecule has 1 amide bonds. The van der Waals surface area contributed by atoms with E-state index >= 15 is 0 Å². The molecule has 0 spiro atoms. The summed E-state index contributed by atoms with van der Waals surface area (Å²) in [6, 6.07) is 0. The number of carbonyl (C=O) groups is 2. The zero-order chi connectivity index (χ0) is 11.5. The van der Waals surface area contributed by atoms with E-state index < -0.39 is 0 Å². The fourth-order valence-corrected chi connectivity index (χ4v) is 3.01. The summed E-state index contributed by atoms with van der Waals surface area (Å²) in [6.07, 6.45) is 6.34. The van der Waals surface area contributed by atoms with E-state index in [4.69, 9.17) is 0 Å². The third-order valence-corrected chi connectivity index (χ3v) is 3.84. The van der Waals surface area contributed by atoms with Crippen LogP contribution in [0.2, 0.25) is 0 Å². The van der Waals surface area contributed by atoms with Gasteiger partial charge in [-0.25, -0.2) is 0 Å². The van der Waals surface area contributed by atoms with Crippen LogP contribution in [0.4, 0.5) is 0 Å². The highest BCUT2D eigenvalue weighted by atomic mass is 16.2. The van der Waals surface area contributed by atoms with Crippen LogP contribution < -0.4 is 5.32 Å². The molecule has 0 aromatic heterocycles. The minimum atomic E-state index is 0.0490. The van der Waals surface area contributed by atoms with Gasteiger partial charge in [-0.15, -0.1) is 6.58 Å². The first-order chi connectivity index (χ1) is 7.72. The van der Waals surface area contributed by atoms with Gasteiger partial charge >= 0.3 is 0 Å². The predicted octanol–water partition coefficient (Wildman–Crippen LogP) is 1.68. The number of nitrogens with one attached hydrogen (secondary N) is 1. The molecule has 88 valence electrons. The molecule has 1 unspecified atom stereocenters. The predicted molar refractivity (Wildman–Crippen MR) is 61.8 cm³/mol. The summed E-state index contributed by atoms with van der Waals surface area (Å²) in [5.74, 6) is 0.884. The average Bonchev–Trinajstić information content (AvgIpc) is 2.25. The lowest BCUT2D eigenvalue weighted by Gasteiger charge is -2.36. The molecule has 2 aliphatic rings. The first kappa shape index (κ1) is 11.4. The Hall–Kier alpha value is -1.12. The second kappa shape index (κ2) is 4.81. The largest absolute Gasteiger partial charge is 0.352 e. The molecule has 3 nitrogen and oxygen atoms in total. The van der Waals surface area contributed by atoms with E-state index in [2.05, 4.69) is 11.9 Å². The highest BCUT2D eigenvalue weighted by molar-refractivity contribution is 5.88. The molecule has 0 aromatic rings. The highest BCUT2D eigenvalue weighted by Gasteiger charge is 2.40. The maximum Gasteiger partial charge on any atom is 0.223 e. The van der Waals surface area contributed by atoms with Gasteiger partial charge in [-0.2, -0.15) is 0 Å². The van der Waals surface area contributed by atoms with Crippen LogP contribution >= 0.6 is 0 Å². The summed E-state index contributed by atoms with van der Waals surface area (Å²) in [6.45, 7) is 4.10. The minimum absolute atomic E-state index is 0.0490. The molecule has 2 aliphatic carbocycles. The lowest BCUT2D eigenvalue weighted by Crippen LogP contribution is -2.42. The lowest BCUT2D eigenvalue weighted by atomic mass is 9.67. The van der Waals surface area contributed by atoms with E-state index in [0.29, 0.717) is 12.3 Å². The zero-order valence-corrected chi connectivity index (χ0v) is 9.58. The number of ketones is 1. The Bertz CT molecular complexity index is 295. The van der Waals surface area contributed by atoms with Gasteiger partial charge in [0.15, 0.2) is 0 Å². The zero-order valence-electron chi connectivity index (χ0n) is 9.58. The number of fused-ring (bicyclic) bond motifs is 2. The molecule has 16 heavy (non-hydrogen) atoms. The summed E-state index contributed by atoms with van der Waals surface area (Å²) < 4.78 is 0. The van der Waals surface area contributed by atoms with Crippen LogP contribution in [0.3, 0.4) is 0 Å². The fraction of sp³-hybridized carbons (Fsp3) is 0.692. The van der Waals surface area contributed by atoms with Crippen molar-refractivity contribution >= 4 is 11.7 Å². The van der Waals surface area contributed by atoms with E-state index in [9.17, 15) is 9.59 Å². The standard InChI is InChI=1S/C13H19NO2/c1-2-6-14-13(16)11-7-9-4-3-5-10(8-11)12(9)15/h2,9-11H,1,3-8H2,(H,14,16)/t9-,10+,11?. The fourth-order valence-electron chi connectivity index (χ4n) is 3.01. The van der Waals surface area contributed by atoms with Gasteiger partial charge in [-0.1, -0.05) is 12.5 Å². The van der Waals surface area contributed by atoms with Crippen LogP contribution in [0.15, 0.2) is 12.7 Å². The van der Waals surface area contributed by atoms with Crippen molar-refractivity contribution in [2.24, 2.45) is 17.8 Å². The monoisotopic (exact) mass is 221 g/mol. The summed E-state index contributed by atoms with van der Waals surface area (Å²) in [5.41, 5.74) is 0. The Kier molecular flexibility index (Phi) is 3.42. The third kappa shape index (κ3) is 2.18. The maximum atomic E-state index is 11.8. The molecule has 0 aromatic carbocycles. The van der Waals surface area contributed by atoms with E-state index in [1.807, 2.05) is 0 Å². The summed E-state index contributed by atoms with van der Waals surface area (Å²) in [7, 11) is 0. The second-order valence-electron chi connectivity index (χ2n) is 4.93. The topological polar surface area (TPSA) is 46.2 Å². The third-order valence-electron chi connectivity index (χ3n) is 3.84. The number of rotatable bonds is 3. The van der Waals surface area contributed by atoms with E-state index in [1.54, 1.807) is 6.08 Å². The second-order valence-corrected chi connectivity index (χ2v) is 4.93. The molecule has 2 bridgehead atoms. The van der Waals surface area contributed by atoms with E-state index in [-0.39, 0.29) is 23.7 Å². The molecule has 0 radical (unpaired) electrons. The summed E-state index contributed by atoms with van der Waals surface area (Å²) >= 11 is 0. The molecule has 1 N–H and O–H groups in total. The number of hydrogen-bond donors (Lipinski definition) is 1. The van der Waals surface area contributed by atoms with Crippen LogP contribution in [0.25, 0.3) is 0 Å². The van der Waals surface area contributed by atoms with Gasteiger partial charge in [0, 0.05) is 24.3 Å². The Balaban J connectivity index is 1.96. The van der Waals surface area contributed by atoms with Crippen molar-refractivity contribution in [3.05, 3.63) is 12.7 Å².